The number of aryl methyl sites for hydroxylation is 1. The van der Waals surface area contributed by atoms with E-state index in [0.717, 1.165) is 12.0 Å². The maximum Gasteiger partial charge on any atom is 0.254 e. The number of benzene rings is 2. The minimum atomic E-state index is -3.05. The summed E-state index contributed by atoms with van der Waals surface area (Å²) in [5.74, 6) is 0.103. The van der Waals surface area contributed by atoms with E-state index in [1.807, 2.05) is 30.3 Å². The van der Waals surface area contributed by atoms with Gasteiger partial charge in [0, 0.05) is 18.2 Å². The molecule has 1 amide bonds. The van der Waals surface area contributed by atoms with Crippen LogP contribution in [0.15, 0.2) is 54.6 Å². The van der Waals surface area contributed by atoms with Crippen molar-refractivity contribution in [3.05, 3.63) is 71.3 Å². The summed E-state index contributed by atoms with van der Waals surface area (Å²) in [6.07, 6.45) is 1.47. The van der Waals surface area contributed by atoms with Crippen LogP contribution >= 0.6 is 0 Å². The number of hydrogen-bond acceptors (Lipinski definition) is 3. The first-order valence-electron chi connectivity index (χ1n) is 8.63. The molecule has 2 aromatic carbocycles. The first-order chi connectivity index (χ1) is 12.0. The third-order valence-electron chi connectivity index (χ3n) is 4.71. The third-order valence-corrected chi connectivity index (χ3v) is 6.47. The summed E-state index contributed by atoms with van der Waals surface area (Å²) in [5, 5.41) is 0. The summed E-state index contributed by atoms with van der Waals surface area (Å²) in [7, 11) is -3.05. The monoisotopic (exact) mass is 357 g/mol. The van der Waals surface area contributed by atoms with Crippen LogP contribution in [-0.2, 0) is 22.8 Å². The molecule has 4 nitrogen and oxygen atoms in total. The van der Waals surface area contributed by atoms with Gasteiger partial charge >= 0.3 is 0 Å². The lowest BCUT2D eigenvalue weighted by Gasteiger charge is -2.28. The van der Waals surface area contributed by atoms with E-state index in [-0.39, 0.29) is 23.5 Å². The van der Waals surface area contributed by atoms with Crippen LogP contribution in [0.4, 0.5) is 0 Å². The number of carbonyl (C=O) groups is 1. The van der Waals surface area contributed by atoms with Crippen molar-refractivity contribution in [2.45, 2.75) is 32.4 Å². The summed E-state index contributed by atoms with van der Waals surface area (Å²) < 4.78 is 23.8. The Morgan fingerprint density at radius 2 is 1.68 bits per heavy atom. The van der Waals surface area contributed by atoms with Gasteiger partial charge in [-0.1, -0.05) is 49.4 Å². The third kappa shape index (κ3) is 4.28. The Morgan fingerprint density at radius 3 is 2.24 bits per heavy atom. The van der Waals surface area contributed by atoms with E-state index >= 15 is 0 Å². The lowest BCUT2D eigenvalue weighted by Crippen LogP contribution is -2.40. The van der Waals surface area contributed by atoms with Crippen LogP contribution in [0.5, 0.6) is 0 Å². The highest BCUT2D eigenvalue weighted by Gasteiger charge is 2.35. The van der Waals surface area contributed by atoms with Gasteiger partial charge in [0.1, 0.15) is 0 Å². The summed E-state index contributed by atoms with van der Waals surface area (Å²) in [4.78, 5) is 14.7. The van der Waals surface area contributed by atoms with E-state index in [0.29, 0.717) is 18.5 Å². The molecular formula is C20H23NO3S. The highest BCUT2D eigenvalue weighted by atomic mass is 32.2. The van der Waals surface area contributed by atoms with Gasteiger partial charge < -0.3 is 4.90 Å². The molecule has 25 heavy (non-hydrogen) atoms. The maximum absolute atomic E-state index is 13.0. The smallest absolute Gasteiger partial charge is 0.254 e. The quantitative estimate of drug-likeness (QED) is 0.826. The molecule has 0 bridgehead atoms. The summed E-state index contributed by atoms with van der Waals surface area (Å²) >= 11 is 0. The molecule has 1 heterocycles. The molecule has 2 aromatic rings. The molecule has 0 saturated carbocycles. The van der Waals surface area contributed by atoms with E-state index in [9.17, 15) is 13.2 Å². The van der Waals surface area contributed by atoms with Gasteiger partial charge in [0.05, 0.1) is 11.5 Å². The van der Waals surface area contributed by atoms with E-state index in [1.54, 1.807) is 17.0 Å². The topological polar surface area (TPSA) is 54.5 Å². The van der Waals surface area contributed by atoms with Gasteiger partial charge in [-0.05, 0) is 36.1 Å². The van der Waals surface area contributed by atoms with E-state index in [2.05, 4.69) is 19.1 Å². The zero-order valence-corrected chi connectivity index (χ0v) is 15.2. The van der Waals surface area contributed by atoms with Gasteiger partial charge in [-0.15, -0.1) is 0 Å². The fourth-order valence-corrected chi connectivity index (χ4v) is 4.94. The number of amides is 1. The maximum atomic E-state index is 13.0. The molecule has 1 atom stereocenters. The predicted molar refractivity (Wildman–Crippen MR) is 99.2 cm³/mol. The number of hydrogen-bond donors (Lipinski definition) is 0. The number of sulfone groups is 1. The zero-order chi connectivity index (χ0) is 17.9. The first kappa shape index (κ1) is 17.7. The van der Waals surface area contributed by atoms with E-state index < -0.39 is 9.84 Å². The Morgan fingerprint density at radius 1 is 1.04 bits per heavy atom. The Kier molecular flexibility index (Phi) is 5.23. The minimum Gasteiger partial charge on any atom is -0.330 e. The van der Waals surface area contributed by atoms with Crippen LogP contribution in [0.3, 0.4) is 0 Å². The van der Waals surface area contributed by atoms with Gasteiger partial charge in [-0.25, -0.2) is 8.42 Å². The normalized spacial score (nSPS) is 18.8. The summed E-state index contributed by atoms with van der Waals surface area (Å²) in [5.41, 5.74) is 2.86. The number of carbonyl (C=O) groups excluding carboxylic acids is 1. The van der Waals surface area contributed by atoms with Gasteiger partial charge in [-0.3, -0.25) is 4.79 Å². The number of rotatable bonds is 5. The molecule has 1 aliphatic rings. The van der Waals surface area contributed by atoms with Crippen LogP contribution < -0.4 is 0 Å². The van der Waals surface area contributed by atoms with Crippen LogP contribution in [-0.4, -0.2) is 36.8 Å². The highest BCUT2D eigenvalue weighted by Crippen LogP contribution is 2.22. The Hall–Kier alpha value is -2.14. The van der Waals surface area contributed by atoms with Crippen LogP contribution in [0, 0.1) is 0 Å². The van der Waals surface area contributed by atoms with Gasteiger partial charge in [0.15, 0.2) is 9.84 Å². The largest absolute Gasteiger partial charge is 0.330 e. The summed E-state index contributed by atoms with van der Waals surface area (Å²) in [6, 6.07) is 17.0. The molecule has 1 saturated heterocycles. The predicted octanol–water partition coefficient (Wildman–Crippen LogP) is 3.08. The molecule has 0 unspecified atom stereocenters. The Bertz CT molecular complexity index is 829. The van der Waals surface area contributed by atoms with Crippen molar-refractivity contribution in [3.63, 3.8) is 0 Å². The standard InChI is InChI=1S/C20H23NO3S/c1-2-16-8-10-17(11-9-16)14-21(19-12-13-25(23,24)15-19)20(22)18-6-4-3-5-7-18/h3-11,19H,2,12-15H2,1H3/t19-/m1/s1. The summed E-state index contributed by atoms with van der Waals surface area (Å²) in [6.45, 7) is 2.53. The second-order valence-electron chi connectivity index (χ2n) is 6.53. The molecule has 1 fully saturated rings. The van der Waals surface area contributed by atoms with Crippen molar-refractivity contribution in [3.8, 4) is 0 Å². The molecule has 0 N–H and O–H groups in total. The van der Waals surface area contributed by atoms with Crippen molar-refractivity contribution < 1.29 is 13.2 Å². The van der Waals surface area contributed by atoms with Crippen LogP contribution in [0.1, 0.15) is 34.8 Å². The molecule has 132 valence electrons. The van der Waals surface area contributed by atoms with E-state index in [1.165, 1.54) is 5.56 Å². The molecule has 3 rings (SSSR count). The Balaban J connectivity index is 1.87. The lowest BCUT2D eigenvalue weighted by atomic mass is 10.1. The molecule has 5 heteroatoms. The Labute approximate surface area is 149 Å². The first-order valence-corrected chi connectivity index (χ1v) is 10.4. The second-order valence-corrected chi connectivity index (χ2v) is 8.75. The molecular weight excluding hydrogens is 334 g/mol. The fourth-order valence-electron chi connectivity index (χ4n) is 3.21. The van der Waals surface area contributed by atoms with Crippen molar-refractivity contribution in [2.75, 3.05) is 11.5 Å². The highest BCUT2D eigenvalue weighted by molar-refractivity contribution is 7.91. The average molecular weight is 357 g/mol. The van der Waals surface area contributed by atoms with Crippen molar-refractivity contribution in [1.82, 2.24) is 4.90 Å². The molecule has 0 spiro atoms. The van der Waals surface area contributed by atoms with Gasteiger partial charge in [0.25, 0.3) is 5.91 Å². The zero-order valence-electron chi connectivity index (χ0n) is 14.4. The lowest BCUT2D eigenvalue weighted by molar-refractivity contribution is 0.0681. The van der Waals surface area contributed by atoms with Crippen molar-refractivity contribution in [2.24, 2.45) is 0 Å². The molecule has 1 aliphatic heterocycles. The minimum absolute atomic E-state index is 0.0542. The van der Waals surface area contributed by atoms with Crippen LogP contribution in [0.25, 0.3) is 0 Å². The fraction of sp³-hybridized carbons (Fsp3) is 0.350. The molecule has 0 aromatic heterocycles. The molecule has 0 radical (unpaired) electrons. The van der Waals surface area contributed by atoms with Crippen LogP contribution in [0.2, 0.25) is 0 Å². The van der Waals surface area contributed by atoms with Crippen molar-refractivity contribution >= 4 is 15.7 Å². The second kappa shape index (κ2) is 7.40. The average Bonchev–Trinajstić information content (AvgIpc) is 3.00. The van der Waals surface area contributed by atoms with Crippen molar-refractivity contribution in [1.29, 1.82) is 0 Å². The number of nitrogens with zero attached hydrogens (tertiary/aromatic N) is 1. The van der Waals surface area contributed by atoms with E-state index in [4.69, 9.17) is 0 Å². The van der Waals surface area contributed by atoms with Gasteiger partial charge in [-0.2, -0.15) is 0 Å². The SMILES string of the molecule is CCc1ccc(CN(C(=O)c2ccccc2)[C@@H]2CCS(=O)(=O)C2)cc1. The molecule has 0 aliphatic carbocycles. The van der Waals surface area contributed by atoms with Gasteiger partial charge in [0.2, 0.25) is 0 Å².